The Morgan fingerprint density at radius 2 is 1.95 bits per heavy atom. The first-order valence-electron chi connectivity index (χ1n) is 7.93. The van der Waals surface area contributed by atoms with Crippen LogP contribution in [0.1, 0.15) is 44.6 Å². The van der Waals surface area contributed by atoms with E-state index < -0.39 is 6.04 Å². The molecule has 2 fully saturated rings. The molecule has 3 unspecified atom stereocenters. The first-order chi connectivity index (χ1) is 10.0. The van der Waals surface area contributed by atoms with Crippen LogP contribution in [0.25, 0.3) is 0 Å². The molecule has 2 aliphatic heterocycles. The predicted octanol–water partition coefficient (Wildman–Crippen LogP) is 3.31. The summed E-state index contributed by atoms with van der Waals surface area (Å²) in [6.07, 6.45) is 3.26. The topological polar surface area (TPSA) is 46.4 Å². The Balaban J connectivity index is 2.03. The summed E-state index contributed by atoms with van der Waals surface area (Å²) in [5.74, 6) is -0.00644. The molecule has 2 aliphatic rings. The SMILES string of the molecule is CC1(C)CN2CCCCC2C([N+](=O)[O-])C1c1ccccc1. The molecule has 21 heavy (non-hydrogen) atoms. The van der Waals surface area contributed by atoms with Crippen LogP contribution in [0, 0.1) is 15.5 Å². The second kappa shape index (κ2) is 5.41. The maximum Gasteiger partial charge on any atom is 0.235 e. The zero-order chi connectivity index (χ0) is 15.0. The summed E-state index contributed by atoms with van der Waals surface area (Å²) in [7, 11) is 0. The minimum atomic E-state index is -0.489. The van der Waals surface area contributed by atoms with E-state index in [0.717, 1.165) is 31.5 Å². The Kier molecular flexibility index (Phi) is 3.74. The monoisotopic (exact) mass is 288 g/mol. The molecular weight excluding hydrogens is 264 g/mol. The van der Waals surface area contributed by atoms with Crippen LogP contribution in [0.15, 0.2) is 30.3 Å². The molecule has 0 bridgehead atoms. The highest BCUT2D eigenvalue weighted by Gasteiger charge is 2.54. The fourth-order valence-electron chi connectivity index (χ4n) is 4.48. The van der Waals surface area contributed by atoms with Crippen LogP contribution in [-0.2, 0) is 0 Å². The van der Waals surface area contributed by atoms with Crippen molar-refractivity contribution in [1.29, 1.82) is 0 Å². The largest absolute Gasteiger partial charge is 0.293 e. The Hall–Kier alpha value is -1.42. The van der Waals surface area contributed by atoms with Crippen molar-refractivity contribution in [3.63, 3.8) is 0 Å². The number of nitro groups is 1. The van der Waals surface area contributed by atoms with Crippen molar-refractivity contribution in [3.05, 3.63) is 46.0 Å². The van der Waals surface area contributed by atoms with E-state index in [2.05, 4.69) is 30.9 Å². The Labute approximate surface area is 126 Å². The van der Waals surface area contributed by atoms with Crippen LogP contribution in [0.5, 0.6) is 0 Å². The molecule has 0 N–H and O–H groups in total. The first-order valence-corrected chi connectivity index (χ1v) is 7.93. The molecule has 1 aromatic rings. The van der Waals surface area contributed by atoms with Crippen LogP contribution in [0.3, 0.4) is 0 Å². The summed E-state index contributed by atoms with van der Waals surface area (Å²) < 4.78 is 0. The van der Waals surface area contributed by atoms with Crippen LogP contribution in [0.4, 0.5) is 0 Å². The fourth-order valence-corrected chi connectivity index (χ4v) is 4.48. The van der Waals surface area contributed by atoms with Gasteiger partial charge < -0.3 is 0 Å². The molecule has 4 nitrogen and oxygen atoms in total. The van der Waals surface area contributed by atoms with Gasteiger partial charge in [0, 0.05) is 11.5 Å². The zero-order valence-electron chi connectivity index (χ0n) is 12.9. The van der Waals surface area contributed by atoms with Gasteiger partial charge in [-0.3, -0.25) is 15.0 Å². The van der Waals surface area contributed by atoms with E-state index in [-0.39, 0.29) is 22.3 Å². The molecule has 0 amide bonds. The summed E-state index contributed by atoms with van der Waals surface area (Å²) in [4.78, 5) is 14.2. The lowest BCUT2D eigenvalue weighted by Crippen LogP contribution is -2.62. The van der Waals surface area contributed by atoms with Gasteiger partial charge in [-0.1, -0.05) is 50.6 Å². The van der Waals surface area contributed by atoms with Crippen LogP contribution in [0.2, 0.25) is 0 Å². The molecule has 2 heterocycles. The lowest BCUT2D eigenvalue weighted by Gasteiger charge is -2.51. The molecule has 0 aliphatic carbocycles. The van der Waals surface area contributed by atoms with Gasteiger partial charge in [-0.2, -0.15) is 0 Å². The normalized spacial score (nSPS) is 32.4. The third kappa shape index (κ3) is 2.57. The molecule has 3 atom stereocenters. The lowest BCUT2D eigenvalue weighted by atomic mass is 9.64. The smallest absolute Gasteiger partial charge is 0.235 e. The summed E-state index contributed by atoms with van der Waals surface area (Å²) in [5, 5.41) is 11.9. The number of benzene rings is 1. The van der Waals surface area contributed by atoms with Gasteiger partial charge in [0.15, 0.2) is 0 Å². The number of piperidine rings is 2. The van der Waals surface area contributed by atoms with Crippen molar-refractivity contribution < 1.29 is 4.92 Å². The van der Waals surface area contributed by atoms with Crippen molar-refractivity contribution >= 4 is 0 Å². The van der Waals surface area contributed by atoms with Gasteiger partial charge in [0.1, 0.15) is 0 Å². The molecule has 3 rings (SSSR count). The average Bonchev–Trinajstić information content (AvgIpc) is 2.45. The highest BCUT2D eigenvalue weighted by atomic mass is 16.6. The second-order valence-corrected chi connectivity index (χ2v) is 7.19. The molecule has 114 valence electrons. The first kappa shape index (κ1) is 14.5. The predicted molar refractivity (Wildman–Crippen MR) is 83.0 cm³/mol. The van der Waals surface area contributed by atoms with Gasteiger partial charge in [-0.05, 0) is 30.4 Å². The molecule has 1 aromatic carbocycles. The lowest BCUT2D eigenvalue weighted by molar-refractivity contribution is -0.543. The maximum atomic E-state index is 11.9. The van der Waals surface area contributed by atoms with E-state index in [1.807, 2.05) is 18.2 Å². The van der Waals surface area contributed by atoms with Gasteiger partial charge in [0.2, 0.25) is 6.04 Å². The van der Waals surface area contributed by atoms with Gasteiger partial charge in [0.25, 0.3) is 0 Å². The second-order valence-electron chi connectivity index (χ2n) is 7.19. The average molecular weight is 288 g/mol. The summed E-state index contributed by atoms with van der Waals surface area (Å²) in [5.41, 5.74) is 1.04. The van der Waals surface area contributed by atoms with E-state index in [0.29, 0.717) is 0 Å². The molecule has 4 heteroatoms. The summed E-state index contributed by atoms with van der Waals surface area (Å²) in [6.45, 7) is 6.35. The van der Waals surface area contributed by atoms with E-state index in [1.54, 1.807) is 0 Å². The van der Waals surface area contributed by atoms with Gasteiger partial charge >= 0.3 is 0 Å². The third-order valence-electron chi connectivity index (χ3n) is 5.25. The van der Waals surface area contributed by atoms with E-state index in [4.69, 9.17) is 0 Å². The van der Waals surface area contributed by atoms with Crippen molar-refractivity contribution in [3.8, 4) is 0 Å². The van der Waals surface area contributed by atoms with Gasteiger partial charge in [-0.25, -0.2) is 0 Å². The number of hydrogen-bond donors (Lipinski definition) is 0. The highest BCUT2D eigenvalue weighted by molar-refractivity contribution is 5.25. The summed E-state index contributed by atoms with van der Waals surface area (Å²) in [6, 6.07) is 9.70. The van der Waals surface area contributed by atoms with E-state index in [1.165, 1.54) is 6.42 Å². The summed E-state index contributed by atoms with van der Waals surface area (Å²) >= 11 is 0. The number of rotatable bonds is 2. The highest BCUT2D eigenvalue weighted by Crippen LogP contribution is 2.47. The Bertz CT molecular complexity index is 515. The standard InChI is InChI=1S/C17H24N2O2/c1-17(2)12-18-11-7-6-10-14(18)16(19(20)21)15(17)13-8-4-3-5-9-13/h3-5,8-9,14-16H,6-7,10-12H2,1-2H3. The van der Waals surface area contributed by atoms with Crippen LogP contribution < -0.4 is 0 Å². The molecule has 0 radical (unpaired) electrons. The van der Waals surface area contributed by atoms with E-state index in [9.17, 15) is 10.1 Å². The van der Waals surface area contributed by atoms with Crippen LogP contribution >= 0.6 is 0 Å². The van der Waals surface area contributed by atoms with Crippen molar-refractivity contribution in [1.82, 2.24) is 4.90 Å². The third-order valence-corrected chi connectivity index (χ3v) is 5.25. The van der Waals surface area contributed by atoms with Crippen molar-refractivity contribution in [2.75, 3.05) is 13.1 Å². The van der Waals surface area contributed by atoms with Gasteiger partial charge in [0.05, 0.1) is 12.0 Å². The number of nitrogens with zero attached hydrogens (tertiary/aromatic N) is 2. The Morgan fingerprint density at radius 1 is 1.24 bits per heavy atom. The quantitative estimate of drug-likeness (QED) is 0.619. The number of hydrogen-bond acceptors (Lipinski definition) is 3. The van der Waals surface area contributed by atoms with Crippen LogP contribution in [-0.4, -0.2) is 35.0 Å². The molecule has 0 spiro atoms. The van der Waals surface area contributed by atoms with Crippen molar-refractivity contribution in [2.45, 2.75) is 51.1 Å². The molecule has 0 saturated carbocycles. The maximum absolute atomic E-state index is 11.9. The van der Waals surface area contributed by atoms with E-state index >= 15 is 0 Å². The minimum Gasteiger partial charge on any atom is -0.293 e. The van der Waals surface area contributed by atoms with Crippen molar-refractivity contribution in [2.24, 2.45) is 5.41 Å². The van der Waals surface area contributed by atoms with Gasteiger partial charge in [-0.15, -0.1) is 0 Å². The minimum absolute atomic E-state index is 0.00644. The molecular formula is C17H24N2O2. The fraction of sp³-hybridized carbons (Fsp3) is 0.647. The Morgan fingerprint density at radius 3 is 2.62 bits per heavy atom. The zero-order valence-corrected chi connectivity index (χ0v) is 12.9. The molecule has 0 aromatic heterocycles. The molecule has 2 saturated heterocycles. The number of fused-ring (bicyclic) bond motifs is 1.